The van der Waals surface area contributed by atoms with Gasteiger partial charge >= 0.3 is 0 Å². The highest BCUT2D eigenvalue weighted by Crippen LogP contribution is 2.16. The van der Waals surface area contributed by atoms with Crippen LogP contribution in [0.4, 0.5) is 0 Å². The van der Waals surface area contributed by atoms with Crippen LogP contribution in [-0.2, 0) is 4.79 Å². The van der Waals surface area contributed by atoms with E-state index in [4.69, 9.17) is 12.2 Å². The van der Waals surface area contributed by atoms with Crippen LogP contribution in [0.2, 0.25) is 0 Å². The lowest BCUT2D eigenvalue weighted by atomic mass is 10.2. The number of para-hydroxylation sites is 1. The number of nitrogens with zero attached hydrogens (tertiary/aromatic N) is 2. The highest BCUT2D eigenvalue weighted by molar-refractivity contribution is 7.71. The maximum Gasteiger partial charge on any atom is 0.262 e. The average molecular weight is 303 g/mol. The quantitative estimate of drug-likeness (QED) is 0.866. The van der Waals surface area contributed by atoms with Crippen LogP contribution in [0.25, 0.3) is 10.9 Å². The van der Waals surface area contributed by atoms with Gasteiger partial charge in [0.25, 0.3) is 5.56 Å². The number of likely N-dealkylation sites (tertiary alicyclic amines) is 1. The SMILES string of the molecule is CC(C(=O)N1CCCC1)n1c(=S)[nH]c2ccccc2c1=O. The fraction of sp³-hybridized carbons (Fsp3) is 0.400. The van der Waals surface area contributed by atoms with E-state index in [1.807, 2.05) is 12.1 Å². The third-order valence-electron chi connectivity index (χ3n) is 4.00. The molecule has 1 aliphatic heterocycles. The topological polar surface area (TPSA) is 58.1 Å². The van der Waals surface area contributed by atoms with Crippen molar-refractivity contribution in [3.63, 3.8) is 0 Å². The van der Waals surface area contributed by atoms with Gasteiger partial charge in [0.15, 0.2) is 4.77 Å². The third-order valence-corrected chi connectivity index (χ3v) is 4.30. The number of fused-ring (bicyclic) bond motifs is 1. The molecule has 1 atom stereocenters. The number of benzene rings is 1. The van der Waals surface area contributed by atoms with Gasteiger partial charge in [-0.05, 0) is 44.1 Å². The summed E-state index contributed by atoms with van der Waals surface area (Å²) in [5, 5.41) is 0.548. The lowest BCUT2D eigenvalue weighted by Gasteiger charge is -2.22. The number of aromatic amines is 1. The molecule has 0 radical (unpaired) electrons. The van der Waals surface area contributed by atoms with Crippen molar-refractivity contribution in [2.75, 3.05) is 13.1 Å². The molecule has 1 aromatic carbocycles. The van der Waals surface area contributed by atoms with Crippen molar-refractivity contribution in [3.8, 4) is 0 Å². The van der Waals surface area contributed by atoms with Gasteiger partial charge in [-0.25, -0.2) is 0 Å². The molecule has 0 saturated carbocycles. The fourth-order valence-electron chi connectivity index (χ4n) is 2.84. The summed E-state index contributed by atoms with van der Waals surface area (Å²) in [7, 11) is 0. The third kappa shape index (κ3) is 2.40. The van der Waals surface area contributed by atoms with Gasteiger partial charge < -0.3 is 9.88 Å². The van der Waals surface area contributed by atoms with E-state index in [0.29, 0.717) is 15.7 Å². The van der Waals surface area contributed by atoms with E-state index in [1.165, 1.54) is 4.57 Å². The second kappa shape index (κ2) is 5.44. The van der Waals surface area contributed by atoms with E-state index in [1.54, 1.807) is 24.0 Å². The van der Waals surface area contributed by atoms with Crippen LogP contribution >= 0.6 is 12.2 Å². The zero-order valence-electron chi connectivity index (χ0n) is 11.8. The molecule has 0 aliphatic carbocycles. The maximum atomic E-state index is 12.6. The molecule has 110 valence electrons. The molecule has 3 rings (SSSR count). The number of amides is 1. The number of rotatable bonds is 2. The summed E-state index contributed by atoms with van der Waals surface area (Å²) in [6.45, 7) is 3.27. The van der Waals surface area contributed by atoms with Crippen LogP contribution in [-0.4, -0.2) is 33.4 Å². The number of H-pyrrole nitrogens is 1. The monoisotopic (exact) mass is 303 g/mol. The average Bonchev–Trinajstić information content (AvgIpc) is 3.00. The molecule has 6 heteroatoms. The minimum absolute atomic E-state index is 0.0376. The van der Waals surface area contributed by atoms with E-state index >= 15 is 0 Å². The van der Waals surface area contributed by atoms with Crippen molar-refractivity contribution in [3.05, 3.63) is 39.4 Å². The standard InChI is InChI=1S/C15H17N3O2S/c1-10(13(19)17-8-4-5-9-17)18-14(20)11-6-2-3-7-12(11)16-15(18)21/h2-3,6-7,10H,4-5,8-9H2,1H3,(H,16,21). The van der Waals surface area contributed by atoms with Gasteiger partial charge in [0, 0.05) is 13.1 Å². The zero-order chi connectivity index (χ0) is 15.0. The van der Waals surface area contributed by atoms with Crippen molar-refractivity contribution >= 4 is 29.0 Å². The second-order valence-electron chi connectivity index (χ2n) is 5.36. The Kier molecular flexibility index (Phi) is 3.63. The number of hydrogen-bond acceptors (Lipinski definition) is 3. The Morgan fingerprint density at radius 1 is 1.29 bits per heavy atom. The van der Waals surface area contributed by atoms with Crippen LogP contribution < -0.4 is 5.56 Å². The second-order valence-corrected chi connectivity index (χ2v) is 5.75. The van der Waals surface area contributed by atoms with Crippen molar-refractivity contribution in [2.45, 2.75) is 25.8 Å². The summed E-state index contributed by atoms with van der Waals surface area (Å²) in [5.74, 6) is -0.0376. The lowest BCUT2D eigenvalue weighted by molar-refractivity contribution is -0.133. The molecule has 5 nitrogen and oxygen atoms in total. The molecule has 1 unspecified atom stereocenters. The Balaban J connectivity index is 2.09. The van der Waals surface area contributed by atoms with Gasteiger partial charge in [-0.3, -0.25) is 14.2 Å². The first-order valence-corrected chi connectivity index (χ1v) is 7.53. The predicted octanol–water partition coefficient (Wildman–Crippen LogP) is 2.24. The molecule has 2 aromatic rings. The summed E-state index contributed by atoms with van der Waals surface area (Å²) in [6.07, 6.45) is 2.05. The summed E-state index contributed by atoms with van der Waals surface area (Å²) in [6, 6.07) is 6.62. The van der Waals surface area contributed by atoms with Crippen molar-refractivity contribution in [1.82, 2.24) is 14.5 Å². The minimum atomic E-state index is -0.580. The molecule has 0 bridgehead atoms. The van der Waals surface area contributed by atoms with Crippen molar-refractivity contribution < 1.29 is 4.79 Å². The molecule has 1 aromatic heterocycles. The first-order valence-electron chi connectivity index (χ1n) is 7.12. The Bertz CT molecular complexity index is 802. The summed E-state index contributed by atoms with van der Waals surface area (Å²) in [4.78, 5) is 29.9. The largest absolute Gasteiger partial charge is 0.341 e. The molecule has 2 heterocycles. The van der Waals surface area contributed by atoms with E-state index in [2.05, 4.69) is 4.98 Å². The van der Waals surface area contributed by atoms with Gasteiger partial charge in [-0.1, -0.05) is 12.1 Å². The Labute approximate surface area is 127 Å². The molecule has 0 spiro atoms. The normalized spacial score (nSPS) is 16.3. The Morgan fingerprint density at radius 3 is 2.67 bits per heavy atom. The molecule has 21 heavy (non-hydrogen) atoms. The van der Waals surface area contributed by atoms with Crippen LogP contribution in [0, 0.1) is 4.77 Å². The molecular formula is C15H17N3O2S. The highest BCUT2D eigenvalue weighted by Gasteiger charge is 2.26. The smallest absolute Gasteiger partial charge is 0.262 e. The summed E-state index contributed by atoms with van der Waals surface area (Å²) < 4.78 is 1.68. The van der Waals surface area contributed by atoms with Crippen LogP contribution in [0.5, 0.6) is 0 Å². The predicted molar refractivity (Wildman–Crippen MR) is 83.9 cm³/mol. The van der Waals surface area contributed by atoms with E-state index < -0.39 is 6.04 Å². The van der Waals surface area contributed by atoms with Crippen LogP contribution in [0.3, 0.4) is 0 Å². The number of nitrogens with one attached hydrogen (secondary N) is 1. The highest BCUT2D eigenvalue weighted by atomic mass is 32.1. The molecular weight excluding hydrogens is 286 g/mol. The first-order chi connectivity index (χ1) is 10.1. The van der Waals surface area contributed by atoms with Gasteiger partial charge in [-0.2, -0.15) is 0 Å². The van der Waals surface area contributed by atoms with Gasteiger partial charge in [0.05, 0.1) is 10.9 Å². The molecule has 1 N–H and O–H groups in total. The number of aromatic nitrogens is 2. The summed E-state index contributed by atoms with van der Waals surface area (Å²) in [5.41, 5.74) is 0.485. The number of carbonyl (C=O) groups is 1. The number of hydrogen-bond donors (Lipinski definition) is 1. The Morgan fingerprint density at radius 2 is 1.95 bits per heavy atom. The van der Waals surface area contributed by atoms with Crippen molar-refractivity contribution in [2.24, 2.45) is 0 Å². The van der Waals surface area contributed by atoms with Crippen LogP contribution in [0.15, 0.2) is 29.1 Å². The fourth-order valence-corrected chi connectivity index (χ4v) is 3.19. The molecule has 1 saturated heterocycles. The van der Waals surface area contributed by atoms with Gasteiger partial charge in [-0.15, -0.1) is 0 Å². The van der Waals surface area contributed by atoms with E-state index in [0.717, 1.165) is 25.9 Å². The van der Waals surface area contributed by atoms with Gasteiger partial charge in [0.2, 0.25) is 5.91 Å². The van der Waals surface area contributed by atoms with Gasteiger partial charge in [0.1, 0.15) is 6.04 Å². The molecule has 1 amide bonds. The van der Waals surface area contributed by atoms with E-state index in [-0.39, 0.29) is 11.5 Å². The first kappa shape index (κ1) is 14.0. The Hall–Kier alpha value is -1.95. The van der Waals surface area contributed by atoms with E-state index in [9.17, 15) is 9.59 Å². The molecule has 1 fully saturated rings. The number of carbonyl (C=O) groups excluding carboxylic acids is 1. The minimum Gasteiger partial charge on any atom is -0.341 e. The molecule has 1 aliphatic rings. The zero-order valence-corrected chi connectivity index (χ0v) is 12.7. The summed E-state index contributed by atoms with van der Waals surface area (Å²) >= 11 is 5.27. The van der Waals surface area contributed by atoms with Crippen molar-refractivity contribution in [1.29, 1.82) is 0 Å². The maximum absolute atomic E-state index is 12.6. The van der Waals surface area contributed by atoms with Crippen LogP contribution in [0.1, 0.15) is 25.8 Å². The lowest BCUT2D eigenvalue weighted by Crippen LogP contribution is -2.38.